The second kappa shape index (κ2) is 24.5. The Morgan fingerprint density at radius 1 is 0.857 bits per heavy atom. The van der Waals surface area contributed by atoms with Gasteiger partial charge in [0.05, 0.1) is 33.5 Å². The van der Waals surface area contributed by atoms with Gasteiger partial charge < -0.3 is 46.2 Å². The number of hydrogen-bond acceptors (Lipinski definition) is 11. The van der Waals surface area contributed by atoms with Crippen molar-refractivity contribution >= 4 is 30.6 Å². The van der Waals surface area contributed by atoms with Gasteiger partial charge in [-0.25, -0.2) is 8.78 Å². The number of ether oxygens (including phenoxy) is 2. The van der Waals surface area contributed by atoms with E-state index in [4.69, 9.17) is 15.9 Å². The number of aliphatic hydroxyl groups excluding tert-OH is 2. The highest BCUT2D eigenvalue weighted by Gasteiger charge is 2.19. The molecule has 0 radical (unpaired) electrons. The third-order valence-electron chi connectivity index (χ3n) is 5.69. The van der Waals surface area contributed by atoms with E-state index >= 15 is 0 Å². The second-order valence-electron chi connectivity index (χ2n) is 8.66. The maximum atomic E-state index is 12.8. The van der Waals surface area contributed by atoms with Gasteiger partial charge in [0.15, 0.2) is 0 Å². The molecule has 0 fully saturated rings. The lowest BCUT2D eigenvalue weighted by atomic mass is 10.1. The van der Waals surface area contributed by atoms with Crippen LogP contribution in [0.1, 0.15) is 11.1 Å². The number of likely N-dealkylation sites (N-methyl/N-ethyl adjacent to an activating group) is 2. The molecule has 0 saturated heterocycles. The third kappa shape index (κ3) is 17.7. The summed E-state index contributed by atoms with van der Waals surface area (Å²) in [7, 11) is 6.03. The monoisotopic (exact) mass is 620 g/mol. The van der Waals surface area contributed by atoms with Crippen molar-refractivity contribution in [2.45, 2.75) is 37.0 Å². The standard InChI is InChI=1S/C14H21FN2O3.C10H12FNO.C4H9NO3.ClH/c1-16-12(7-10-3-5-11(15)6-4-10)8-17-13(9-18)14(19)20-2;1-12-10(7-13)6-8-2-4-9(11)5-3-8;1-8-4(7)3(5)2-6;/h3-6,12-13,16-18H,7-9H2,1-2H3;2-5,7,10,12H,6H2,1H3;3,6H,2,5H2,1H3;1H/t12-,13-;10-;3-;/m000./s1. The summed E-state index contributed by atoms with van der Waals surface area (Å²) in [5.41, 5.74) is 6.95. The van der Waals surface area contributed by atoms with Crippen molar-refractivity contribution in [3.05, 3.63) is 71.3 Å². The SMILES string of the molecule is CN[C@H](C=O)Cc1ccc(F)cc1.CN[C@H](CN[C@@H](CO)C(=O)OC)Cc1ccc(F)cc1.COC(=O)[C@@H](N)CO.Cl. The van der Waals surface area contributed by atoms with Gasteiger partial charge in [-0.2, -0.15) is 0 Å². The van der Waals surface area contributed by atoms with Crippen LogP contribution in [-0.2, 0) is 36.7 Å². The summed E-state index contributed by atoms with van der Waals surface area (Å²) in [4.78, 5) is 32.0. The Bertz CT molecular complexity index is 1000. The highest BCUT2D eigenvalue weighted by molar-refractivity contribution is 5.85. The zero-order valence-corrected chi connectivity index (χ0v) is 25.0. The number of rotatable bonds is 14. The maximum absolute atomic E-state index is 12.8. The number of carbonyl (C=O) groups is 3. The first-order valence-electron chi connectivity index (χ1n) is 12.7. The fourth-order valence-electron chi connectivity index (χ4n) is 3.15. The number of benzene rings is 2. The van der Waals surface area contributed by atoms with Gasteiger partial charge >= 0.3 is 11.9 Å². The molecule has 0 heterocycles. The van der Waals surface area contributed by atoms with Crippen molar-refractivity contribution in [1.82, 2.24) is 16.0 Å². The zero-order valence-electron chi connectivity index (χ0n) is 24.2. The Kier molecular flexibility index (Phi) is 24.0. The van der Waals surface area contributed by atoms with E-state index < -0.39 is 24.0 Å². The minimum Gasteiger partial charge on any atom is -0.468 e. The fourth-order valence-corrected chi connectivity index (χ4v) is 3.15. The molecule has 11 nitrogen and oxygen atoms in total. The van der Waals surface area contributed by atoms with E-state index in [0.717, 1.165) is 17.4 Å². The van der Waals surface area contributed by atoms with Crippen molar-refractivity contribution in [1.29, 1.82) is 0 Å². The molecule has 14 heteroatoms. The highest BCUT2D eigenvalue weighted by atomic mass is 35.5. The summed E-state index contributed by atoms with van der Waals surface area (Å²) >= 11 is 0. The molecule has 2 rings (SSSR count). The Hall–Kier alpha value is -3.04. The molecule has 0 aliphatic rings. The van der Waals surface area contributed by atoms with Crippen LogP contribution in [0.3, 0.4) is 0 Å². The van der Waals surface area contributed by atoms with E-state index in [2.05, 4.69) is 25.4 Å². The summed E-state index contributed by atoms with van der Waals surface area (Å²) in [6, 6.07) is 10.7. The predicted octanol–water partition coefficient (Wildman–Crippen LogP) is 0.136. The van der Waals surface area contributed by atoms with Crippen LogP contribution >= 0.6 is 12.4 Å². The largest absolute Gasteiger partial charge is 0.468 e. The molecule has 0 bridgehead atoms. The maximum Gasteiger partial charge on any atom is 0.325 e. The van der Waals surface area contributed by atoms with Gasteiger partial charge in [-0.1, -0.05) is 24.3 Å². The molecule has 0 saturated carbocycles. The number of hydrogen-bond donors (Lipinski definition) is 6. The molecule has 0 unspecified atom stereocenters. The predicted molar refractivity (Wildman–Crippen MR) is 157 cm³/mol. The zero-order chi connectivity index (χ0) is 31.2. The van der Waals surface area contributed by atoms with E-state index in [1.807, 2.05) is 7.05 Å². The van der Waals surface area contributed by atoms with E-state index in [9.17, 15) is 23.2 Å². The van der Waals surface area contributed by atoms with Gasteiger partial charge in [0.25, 0.3) is 0 Å². The number of aliphatic hydroxyl groups is 2. The van der Waals surface area contributed by atoms with Crippen molar-refractivity contribution in [2.24, 2.45) is 5.73 Å². The van der Waals surface area contributed by atoms with Crippen LogP contribution < -0.4 is 21.7 Å². The van der Waals surface area contributed by atoms with Crippen LogP contribution in [0, 0.1) is 11.6 Å². The molecule has 0 aromatic heterocycles. The molecule has 0 aliphatic heterocycles. The molecule has 7 N–H and O–H groups in total. The van der Waals surface area contributed by atoms with Gasteiger partial charge in [0.2, 0.25) is 0 Å². The van der Waals surface area contributed by atoms with Crippen LogP contribution in [0.2, 0.25) is 0 Å². The molecule has 0 amide bonds. The average Bonchev–Trinajstić information content (AvgIpc) is 3.00. The number of nitrogens with one attached hydrogen (secondary N) is 3. The molecule has 238 valence electrons. The number of nitrogens with two attached hydrogens (primary N) is 1. The first-order chi connectivity index (χ1) is 19.6. The number of methoxy groups -OCH3 is 2. The van der Waals surface area contributed by atoms with Crippen molar-refractivity contribution in [3.8, 4) is 0 Å². The van der Waals surface area contributed by atoms with Gasteiger partial charge in [0, 0.05) is 12.6 Å². The highest BCUT2D eigenvalue weighted by Crippen LogP contribution is 2.06. The van der Waals surface area contributed by atoms with Crippen LogP contribution in [0.4, 0.5) is 8.78 Å². The summed E-state index contributed by atoms with van der Waals surface area (Å²) in [6.45, 7) is -0.208. The average molecular weight is 621 g/mol. The van der Waals surface area contributed by atoms with Gasteiger partial charge in [-0.15, -0.1) is 12.4 Å². The van der Waals surface area contributed by atoms with Gasteiger partial charge in [-0.05, 0) is 62.3 Å². The summed E-state index contributed by atoms with van der Waals surface area (Å²) in [5, 5.41) is 26.2. The minimum absolute atomic E-state index is 0. The number of aldehydes is 1. The fraction of sp³-hybridized carbons (Fsp3) is 0.464. The van der Waals surface area contributed by atoms with Crippen molar-refractivity contribution in [2.75, 3.05) is 48.1 Å². The van der Waals surface area contributed by atoms with E-state index in [-0.39, 0.29) is 49.3 Å². The summed E-state index contributed by atoms with van der Waals surface area (Å²) in [5.74, 6) is -1.61. The smallest absolute Gasteiger partial charge is 0.325 e. The molecule has 42 heavy (non-hydrogen) atoms. The lowest BCUT2D eigenvalue weighted by Crippen LogP contribution is -2.47. The third-order valence-corrected chi connectivity index (χ3v) is 5.69. The lowest BCUT2D eigenvalue weighted by Gasteiger charge is -2.20. The number of halogens is 3. The van der Waals surface area contributed by atoms with Crippen molar-refractivity contribution < 1.29 is 42.9 Å². The Labute approximate surface area is 251 Å². The van der Waals surface area contributed by atoms with E-state index in [1.54, 1.807) is 31.3 Å². The topological polar surface area (TPSA) is 172 Å². The Morgan fingerprint density at radius 2 is 1.33 bits per heavy atom. The molecule has 0 spiro atoms. The summed E-state index contributed by atoms with van der Waals surface area (Å²) < 4.78 is 34.1. The van der Waals surface area contributed by atoms with Crippen LogP contribution in [0.25, 0.3) is 0 Å². The molecule has 0 aliphatic carbocycles. The summed E-state index contributed by atoms with van der Waals surface area (Å²) in [6.07, 6.45) is 2.13. The van der Waals surface area contributed by atoms with E-state index in [1.165, 1.54) is 38.5 Å². The molecular weight excluding hydrogens is 578 g/mol. The van der Waals surface area contributed by atoms with Gasteiger partial charge in [-0.3, -0.25) is 9.59 Å². The van der Waals surface area contributed by atoms with Crippen LogP contribution in [0.15, 0.2) is 48.5 Å². The molecule has 4 atom stereocenters. The first kappa shape index (κ1) is 41.1. The molecule has 2 aromatic carbocycles. The number of esters is 2. The number of carbonyl (C=O) groups excluding carboxylic acids is 3. The first-order valence-corrected chi connectivity index (χ1v) is 12.7. The quantitative estimate of drug-likeness (QED) is 0.125. The molecule has 2 aromatic rings. The Balaban J connectivity index is 0. The van der Waals surface area contributed by atoms with E-state index in [0.29, 0.717) is 19.4 Å². The Morgan fingerprint density at radius 3 is 1.67 bits per heavy atom. The second-order valence-corrected chi connectivity index (χ2v) is 8.66. The lowest BCUT2D eigenvalue weighted by molar-refractivity contribution is -0.144. The molecular formula is C28H43ClF2N4O7. The van der Waals surface area contributed by atoms with Crippen LogP contribution in [-0.4, -0.2) is 101 Å². The van der Waals surface area contributed by atoms with Gasteiger partial charge in [0.1, 0.15) is 30.0 Å². The van der Waals surface area contributed by atoms with Crippen LogP contribution in [0.5, 0.6) is 0 Å². The normalized spacial score (nSPS) is 12.9. The van der Waals surface area contributed by atoms with Crippen molar-refractivity contribution in [3.63, 3.8) is 0 Å². The minimum atomic E-state index is -0.889.